The van der Waals surface area contributed by atoms with Crippen LogP contribution in [0.3, 0.4) is 0 Å². The molecule has 0 fully saturated rings. The maximum absolute atomic E-state index is 12.7. The summed E-state index contributed by atoms with van der Waals surface area (Å²) in [6.07, 6.45) is 0.301. The van der Waals surface area contributed by atoms with E-state index in [2.05, 4.69) is 77.9 Å². The van der Waals surface area contributed by atoms with Crippen molar-refractivity contribution in [3.05, 3.63) is 65.0 Å². The van der Waals surface area contributed by atoms with E-state index < -0.39 is 11.9 Å². The Hall–Kier alpha value is -2.02. The van der Waals surface area contributed by atoms with Gasteiger partial charge in [-0.05, 0) is 34.7 Å². The molecule has 7 nitrogen and oxygen atoms in total. The van der Waals surface area contributed by atoms with Crippen molar-refractivity contribution in [3.63, 3.8) is 0 Å². The number of amides is 2. The summed E-state index contributed by atoms with van der Waals surface area (Å²) < 4.78 is 1.79. The number of primary amides is 1. The van der Waals surface area contributed by atoms with Gasteiger partial charge in [0.05, 0.1) is 18.5 Å². The summed E-state index contributed by atoms with van der Waals surface area (Å²) in [5.74, 6) is 0.453. The van der Waals surface area contributed by atoms with Crippen LogP contribution in [0, 0.1) is 5.92 Å². The van der Waals surface area contributed by atoms with Gasteiger partial charge in [0.15, 0.2) is 5.82 Å². The fourth-order valence-corrected chi connectivity index (χ4v) is 4.68. The van der Waals surface area contributed by atoms with Crippen LogP contribution in [0.15, 0.2) is 42.5 Å². The van der Waals surface area contributed by atoms with E-state index in [0.717, 1.165) is 25.3 Å². The Morgan fingerprint density at radius 1 is 1.03 bits per heavy atom. The quantitative estimate of drug-likeness (QED) is 0.220. The van der Waals surface area contributed by atoms with Crippen LogP contribution in [0.25, 0.3) is 10.9 Å². The fourth-order valence-electron chi connectivity index (χ4n) is 3.50. The lowest BCUT2D eigenvalue weighted by Gasteiger charge is -2.21. The zero-order valence-electron chi connectivity index (χ0n) is 18.6. The second kappa shape index (κ2) is 11.9. The topological polar surface area (TPSA) is 110 Å². The first kappa shape index (κ1) is 25.6. The molecule has 0 saturated carbocycles. The Bertz CT molecular complexity index is 1150. The number of fused-ring (bicyclic) bond motifs is 1. The molecule has 0 unspecified atom stereocenters. The molecule has 2 aromatic carbocycles. The van der Waals surface area contributed by atoms with E-state index in [1.54, 1.807) is 0 Å². The largest absolute Gasteiger partial charge is 0.368 e. The predicted octanol–water partition coefficient (Wildman–Crippen LogP) is 4.28. The highest BCUT2D eigenvalue weighted by Gasteiger charge is 2.21. The molecule has 0 spiro atoms. The van der Waals surface area contributed by atoms with Crippen molar-refractivity contribution in [1.82, 2.24) is 15.3 Å². The van der Waals surface area contributed by atoms with Crippen LogP contribution in [-0.4, -0.2) is 27.8 Å². The number of benzene rings is 2. The van der Waals surface area contributed by atoms with Crippen molar-refractivity contribution >= 4 is 73.7 Å². The van der Waals surface area contributed by atoms with Crippen LogP contribution < -0.4 is 16.4 Å². The average molecular weight is 671 g/mol. The van der Waals surface area contributed by atoms with Gasteiger partial charge in [-0.1, -0.05) is 89.4 Å². The molecule has 1 heterocycles. The summed E-state index contributed by atoms with van der Waals surface area (Å²) in [6, 6.07) is 13.2. The second-order valence-corrected chi connectivity index (χ2v) is 9.62. The van der Waals surface area contributed by atoms with Crippen LogP contribution in [0.2, 0.25) is 0 Å². The maximum atomic E-state index is 12.7. The number of carbonyl (C=O) groups is 2. The van der Waals surface area contributed by atoms with Crippen LogP contribution in [0.1, 0.15) is 36.4 Å². The molecule has 174 valence electrons. The number of rotatable bonds is 10. The number of nitrogens with two attached hydrogens (primary N) is 1. The van der Waals surface area contributed by atoms with E-state index in [1.807, 2.05) is 44.2 Å². The Labute approximate surface area is 221 Å². The summed E-state index contributed by atoms with van der Waals surface area (Å²) in [5, 5.41) is 6.90. The van der Waals surface area contributed by atoms with Crippen molar-refractivity contribution < 1.29 is 9.59 Å². The number of hydrogen-bond acceptors (Lipinski definition) is 5. The third-order valence-corrected chi connectivity index (χ3v) is 6.98. The number of carbonyl (C=O) groups excluding carboxylic acids is 2. The Morgan fingerprint density at radius 2 is 1.79 bits per heavy atom. The molecular weight excluding hydrogens is 644 g/mol. The van der Waals surface area contributed by atoms with Crippen molar-refractivity contribution in [2.75, 3.05) is 5.32 Å². The van der Waals surface area contributed by atoms with E-state index in [4.69, 9.17) is 5.73 Å². The number of nitrogens with one attached hydrogen (secondary N) is 2. The van der Waals surface area contributed by atoms with Crippen molar-refractivity contribution in [3.8, 4) is 0 Å². The first-order chi connectivity index (χ1) is 15.8. The van der Waals surface area contributed by atoms with Gasteiger partial charge in [-0.15, -0.1) is 0 Å². The zero-order valence-corrected chi connectivity index (χ0v) is 22.9. The number of alkyl halides is 2. The predicted molar refractivity (Wildman–Crippen MR) is 148 cm³/mol. The number of hydrogen-bond donors (Lipinski definition) is 3. The second-order valence-electron chi connectivity index (χ2n) is 8.10. The molecular formula is C24H27I2N5O2. The molecule has 1 atom stereocenters. The number of halogens is 2. The van der Waals surface area contributed by atoms with Crippen molar-refractivity contribution in [2.45, 2.75) is 41.7 Å². The monoisotopic (exact) mass is 671 g/mol. The van der Waals surface area contributed by atoms with E-state index in [1.165, 1.54) is 11.1 Å². The maximum Gasteiger partial charge on any atom is 0.240 e. The summed E-state index contributed by atoms with van der Waals surface area (Å²) in [4.78, 5) is 33.8. The van der Waals surface area contributed by atoms with Gasteiger partial charge in [-0.3, -0.25) is 9.59 Å². The lowest BCUT2D eigenvalue weighted by Crippen LogP contribution is -2.40. The standard InChI is InChI=1S/C24H27I2N5O2/c1-14(2)22(23(27)33)31-24-18-5-3-4-6-19(18)29-20(30-24)13-28-21(32)10-16-8-7-15(11-25)9-17(16)12-26/h3-9,14,22H,10-13H2,1-2H3,(H2,27,33)(H,28,32)(H,29,30,31)/t22-/m0/s1. The summed E-state index contributed by atoms with van der Waals surface area (Å²) in [7, 11) is 0. The molecule has 0 aliphatic heterocycles. The molecule has 0 aliphatic rings. The molecule has 3 rings (SSSR count). The average Bonchev–Trinajstić information content (AvgIpc) is 2.80. The summed E-state index contributed by atoms with van der Waals surface area (Å²) in [6.45, 7) is 4.03. The van der Waals surface area contributed by atoms with Gasteiger partial charge in [-0.2, -0.15) is 0 Å². The van der Waals surface area contributed by atoms with Crippen LogP contribution in [-0.2, 0) is 31.4 Å². The third kappa shape index (κ3) is 6.75. The minimum Gasteiger partial charge on any atom is -0.368 e. The fraction of sp³-hybridized carbons (Fsp3) is 0.333. The van der Waals surface area contributed by atoms with Crippen LogP contribution >= 0.6 is 45.2 Å². The number of aromatic nitrogens is 2. The molecule has 0 saturated heterocycles. The van der Waals surface area contributed by atoms with E-state index >= 15 is 0 Å². The summed E-state index contributed by atoms with van der Waals surface area (Å²) >= 11 is 4.66. The van der Waals surface area contributed by atoms with Gasteiger partial charge >= 0.3 is 0 Å². The Balaban J connectivity index is 1.78. The molecule has 2 amide bonds. The van der Waals surface area contributed by atoms with Gasteiger partial charge in [0.2, 0.25) is 11.8 Å². The number of para-hydroxylation sites is 1. The molecule has 1 aromatic heterocycles. The van der Waals surface area contributed by atoms with Gasteiger partial charge in [-0.25, -0.2) is 9.97 Å². The van der Waals surface area contributed by atoms with Crippen molar-refractivity contribution in [2.24, 2.45) is 11.7 Å². The number of anilines is 1. The van der Waals surface area contributed by atoms with Gasteiger partial charge in [0.1, 0.15) is 11.9 Å². The molecule has 4 N–H and O–H groups in total. The molecule has 33 heavy (non-hydrogen) atoms. The highest BCUT2D eigenvalue weighted by atomic mass is 127. The van der Waals surface area contributed by atoms with E-state index in [0.29, 0.717) is 18.1 Å². The first-order valence-corrected chi connectivity index (χ1v) is 13.7. The first-order valence-electron chi connectivity index (χ1n) is 10.6. The number of nitrogens with zero attached hydrogens (tertiary/aromatic N) is 2. The Morgan fingerprint density at radius 3 is 2.45 bits per heavy atom. The molecule has 9 heteroatoms. The van der Waals surface area contributed by atoms with Crippen LogP contribution in [0.4, 0.5) is 5.82 Å². The van der Waals surface area contributed by atoms with Gasteiger partial charge in [0.25, 0.3) is 0 Å². The van der Waals surface area contributed by atoms with Gasteiger partial charge < -0.3 is 16.4 Å². The van der Waals surface area contributed by atoms with Crippen LogP contribution in [0.5, 0.6) is 0 Å². The SMILES string of the molecule is CC(C)[C@H](Nc1nc(CNC(=O)Cc2ccc(CI)cc2CI)nc2ccccc12)C(N)=O. The minimum atomic E-state index is -0.567. The highest BCUT2D eigenvalue weighted by Crippen LogP contribution is 2.22. The minimum absolute atomic E-state index is 0.00919. The highest BCUT2D eigenvalue weighted by molar-refractivity contribution is 14.1. The molecule has 0 aliphatic carbocycles. The Kier molecular flexibility index (Phi) is 9.24. The smallest absolute Gasteiger partial charge is 0.240 e. The molecule has 0 bridgehead atoms. The third-order valence-electron chi connectivity index (χ3n) is 5.28. The lowest BCUT2D eigenvalue weighted by molar-refractivity contribution is -0.121. The summed E-state index contributed by atoms with van der Waals surface area (Å²) in [5.41, 5.74) is 9.77. The normalized spacial score (nSPS) is 12.0. The van der Waals surface area contributed by atoms with Crippen molar-refractivity contribution in [1.29, 1.82) is 0 Å². The molecule has 3 aromatic rings. The lowest BCUT2D eigenvalue weighted by atomic mass is 10.0. The van der Waals surface area contributed by atoms with E-state index in [-0.39, 0.29) is 18.4 Å². The van der Waals surface area contributed by atoms with Gasteiger partial charge in [0, 0.05) is 14.2 Å². The zero-order chi connectivity index (χ0) is 24.0. The van der Waals surface area contributed by atoms with E-state index in [9.17, 15) is 9.59 Å². The molecule has 0 radical (unpaired) electrons.